The van der Waals surface area contributed by atoms with Gasteiger partial charge in [-0.3, -0.25) is 4.90 Å². The Morgan fingerprint density at radius 3 is 2.40 bits per heavy atom. The molecule has 2 aromatic carbocycles. The molecule has 0 amide bonds. The summed E-state index contributed by atoms with van der Waals surface area (Å²) in [6.07, 6.45) is 5.98. The van der Waals surface area contributed by atoms with Gasteiger partial charge in [-0.1, -0.05) is 74.4 Å². The molecule has 3 aromatic rings. The van der Waals surface area contributed by atoms with Crippen molar-refractivity contribution in [3.05, 3.63) is 59.9 Å². The maximum absolute atomic E-state index is 7.06. The minimum absolute atomic E-state index is 0.00587. The van der Waals surface area contributed by atoms with Crippen molar-refractivity contribution in [2.45, 2.75) is 136 Å². The molecule has 1 fully saturated rings. The van der Waals surface area contributed by atoms with E-state index >= 15 is 0 Å². The van der Waals surface area contributed by atoms with Gasteiger partial charge in [0.1, 0.15) is 30.1 Å². The average Bonchev–Trinajstić information content (AvgIpc) is 3.48. The van der Waals surface area contributed by atoms with E-state index in [2.05, 4.69) is 99.2 Å². The Kier molecular flexibility index (Phi) is 13.6. The molecule has 0 aliphatic carbocycles. The second-order valence-electron chi connectivity index (χ2n) is 14.3. The van der Waals surface area contributed by atoms with E-state index in [0.29, 0.717) is 25.7 Å². The number of hydrogen-bond acceptors (Lipinski definition) is 8. The van der Waals surface area contributed by atoms with Crippen LogP contribution in [0.3, 0.4) is 0 Å². The molecule has 2 aliphatic heterocycles. The minimum atomic E-state index is -0.327. The lowest BCUT2D eigenvalue weighted by atomic mass is 9.91. The van der Waals surface area contributed by atoms with Crippen molar-refractivity contribution in [1.29, 1.82) is 0 Å². The van der Waals surface area contributed by atoms with Gasteiger partial charge in [0.05, 0.1) is 37.7 Å². The van der Waals surface area contributed by atoms with Gasteiger partial charge in [-0.05, 0) is 75.8 Å². The first kappa shape index (κ1) is 35.9. The Morgan fingerprint density at radius 2 is 1.60 bits per heavy atom. The lowest BCUT2D eigenvalue weighted by Crippen LogP contribution is -2.62. The van der Waals surface area contributed by atoms with Crippen LogP contribution < -0.4 is 0 Å². The average molecular weight is 651 g/mol. The lowest BCUT2D eigenvalue weighted by Gasteiger charge is -2.48. The summed E-state index contributed by atoms with van der Waals surface area (Å²) in [5.41, 5.74) is 2.19. The van der Waals surface area contributed by atoms with Crippen LogP contribution in [-0.2, 0) is 43.4 Å². The van der Waals surface area contributed by atoms with E-state index < -0.39 is 0 Å². The molecule has 1 saturated heterocycles. The van der Waals surface area contributed by atoms with Crippen LogP contribution in [0, 0.1) is 5.92 Å². The lowest BCUT2D eigenvalue weighted by molar-refractivity contribution is -0.275. The summed E-state index contributed by atoms with van der Waals surface area (Å²) in [5, 5.41) is 11.5. The van der Waals surface area contributed by atoms with E-state index in [1.807, 2.05) is 10.9 Å². The predicted octanol–water partition coefficient (Wildman–Crippen LogP) is 6.81. The van der Waals surface area contributed by atoms with Crippen LogP contribution in [0.2, 0.25) is 0 Å². The van der Waals surface area contributed by atoms with E-state index in [1.165, 1.54) is 22.8 Å². The van der Waals surface area contributed by atoms with Crippen LogP contribution in [0.4, 0.5) is 0 Å². The van der Waals surface area contributed by atoms with Gasteiger partial charge < -0.3 is 23.7 Å². The van der Waals surface area contributed by atoms with Crippen LogP contribution in [0.5, 0.6) is 0 Å². The summed E-state index contributed by atoms with van der Waals surface area (Å²) in [7, 11) is 0. The van der Waals surface area contributed by atoms with E-state index in [9.17, 15) is 0 Å². The molecule has 0 spiro atoms. The third-order valence-electron chi connectivity index (χ3n) is 8.93. The Balaban J connectivity index is 1.46. The molecule has 1 aromatic heterocycles. The monoisotopic (exact) mass is 650 g/mol. The van der Waals surface area contributed by atoms with E-state index in [0.717, 1.165) is 57.6 Å². The normalized spacial score (nSPS) is 25.8. The molecular formula is C38H58N4O5. The molecule has 9 nitrogen and oxygen atoms in total. The van der Waals surface area contributed by atoms with Gasteiger partial charge in [0.15, 0.2) is 0 Å². The molecule has 9 heteroatoms. The molecule has 5 rings (SSSR count). The molecule has 0 N–H and O–H groups in total. The third kappa shape index (κ3) is 10.5. The van der Waals surface area contributed by atoms with Crippen molar-refractivity contribution in [2.75, 3.05) is 26.3 Å². The van der Waals surface area contributed by atoms with Crippen molar-refractivity contribution in [3.8, 4) is 0 Å². The topological polar surface area (TPSA) is 80.1 Å². The van der Waals surface area contributed by atoms with E-state index in [-0.39, 0.29) is 42.7 Å². The van der Waals surface area contributed by atoms with Crippen LogP contribution in [-0.4, -0.2) is 88.9 Å². The molecule has 5 atom stereocenters. The first-order chi connectivity index (χ1) is 22.8. The van der Waals surface area contributed by atoms with Crippen LogP contribution >= 0.6 is 0 Å². The van der Waals surface area contributed by atoms with Crippen molar-refractivity contribution in [2.24, 2.45) is 5.92 Å². The van der Waals surface area contributed by atoms with Crippen molar-refractivity contribution < 1.29 is 23.7 Å². The Labute approximate surface area is 282 Å². The largest absolute Gasteiger partial charge is 0.375 e. The minimum Gasteiger partial charge on any atom is -0.375 e. The fourth-order valence-electron chi connectivity index (χ4n) is 6.82. The highest BCUT2D eigenvalue weighted by atomic mass is 16.6. The molecule has 3 heterocycles. The first-order valence-corrected chi connectivity index (χ1v) is 18.0. The summed E-state index contributed by atoms with van der Waals surface area (Å²) in [6.45, 7) is 17.8. The van der Waals surface area contributed by atoms with Gasteiger partial charge >= 0.3 is 0 Å². The number of aromatic nitrogens is 3. The molecule has 0 radical (unpaired) electrons. The fraction of sp³-hybridized carbons (Fsp3) is 0.684. The first-order valence-electron chi connectivity index (χ1n) is 18.0. The zero-order chi connectivity index (χ0) is 33.2. The second kappa shape index (κ2) is 17.8. The number of rotatable bonds is 9. The number of ether oxygens (including phenoxy) is 5. The summed E-state index contributed by atoms with van der Waals surface area (Å²) in [6, 6.07) is 15.4. The third-order valence-corrected chi connectivity index (χ3v) is 8.93. The Hall–Kier alpha value is -2.40. The molecule has 4 bridgehead atoms. The van der Waals surface area contributed by atoms with Gasteiger partial charge in [-0.25, -0.2) is 4.68 Å². The van der Waals surface area contributed by atoms with Crippen LogP contribution in [0.25, 0.3) is 10.8 Å². The highest BCUT2D eigenvalue weighted by Gasteiger charge is 2.49. The predicted molar refractivity (Wildman–Crippen MR) is 185 cm³/mol. The summed E-state index contributed by atoms with van der Waals surface area (Å²) in [5.74, 6) is 0.384. The molecule has 0 saturated carbocycles. The number of benzene rings is 2. The molecule has 0 unspecified atom stereocenters. The SMILES string of the molecule is CC(C)CO[C@H]1[C@@H](OC(C)C)[C@@H](OC(C)C)[C@H]2Cn3cc(nn3)COCCCCCCN(Cc3cccc4ccccc34)CC[C@H]1O2. The molecule has 47 heavy (non-hydrogen) atoms. The standard InChI is InChI=1S/C38H58N4O5/c1-27(2)25-44-36-34-18-20-41(22-31-16-13-15-30-14-9-10-17-33(30)31)19-11-7-8-12-21-43-26-32-23-42(40-39-32)24-35(47-34)37(45-28(3)4)38(36)46-29(5)6/h9-10,13-17,23,27-29,34-38H,7-8,11-12,18-22,24-26H2,1-6H3/t34-,35-,36-,37+,38-/m1/s1. The molecule has 2 aliphatic rings. The van der Waals surface area contributed by atoms with Gasteiger partial charge in [0.2, 0.25) is 0 Å². The molecular weight excluding hydrogens is 592 g/mol. The van der Waals surface area contributed by atoms with Gasteiger partial charge in [0.25, 0.3) is 0 Å². The van der Waals surface area contributed by atoms with Gasteiger partial charge in [0, 0.05) is 26.3 Å². The summed E-state index contributed by atoms with van der Waals surface area (Å²) < 4.78 is 35.0. The quantitative estimate of drug-likeness (QED) is 0.250. The van der Waals surface area contributed by atoms with Gasteiger partial charge in [-0.2, -0.15) is 0 Å². The highest BCUT2D eigenvalue weighted by Crippen LogP contribution is 2.33. The van der Waals surface area contributed by atoms with Crippen molar-refractivity contribution in [1.82, 2.24) is 19.9 Å². The number of fused-ring (bicyclic) bond motifs is 5. The zero-order valence-electron chi connectivity index (χ0n) is 29.6. The second-order valence-corrected chi connectivity index (χ2v) is 14.3. The fourth-order valence-corrected chi connectivity index (χ4v) is 6.82. The summed E-state index contributed by atoms with van der Waals surface area (Å²) in [4.78, 5) is 2.61. The zero-order valence-corrected chi connectivity index (χ0v) is 29.6. The van der Waals surface area contributed by atoms with Crippen molar-refractivity contribution >= 4 is 10.8 Å². The molecule has 260 valence electrons. The highest BCUT2D eigenvalue weighted by molar-refractivity contribution is 5.85. The maximum atomic E-state index is 7.06. The van der Waals surface area contributed by atoms with Crippen molar-refractivity contribution in [3.63, 3.8) is 0 Å². The number of hydrogen-bond donors (Lipinski definition) is 0. The Bertz CT molecular complexity index is 1340. The van der Waals surface area contributed by atoms with Crippen LogP contribution in [0.1, 0.15) is 84.9 Å². The Morgan fingerprint density at radius 1 is 0.830 bits per heavy atom. The summed E-state index contributed by atoms with van der Waals surface area (Å²) >= 11 is 0. The maximum Gasteiger partial charge on any atom is 0.115 e. The van der Waals surface area contributed by atoms with Crippen LogP contribution in [0.15, 0.2) is 48.7 Å². The van der Waals surface area contributed by atoms with E-state index in [4.69, 9.17) is 23.7 Å². The smallest absolute Gasteiger partial charge is 0.115 e. The number of nitrogens with zero attached hydrogens (tertiary/aromatic N) is 4. The van der Waals surface area contributed by atoms with E-state index in [1.54, 1.807) is 0 Å². The van der Waals surface area contributed by atoms with Gasteiger partial charge in [-0.15, -0.1) is 5.10 Å².